The van der Waals surface area contributed by atoms with Crippen LogP contribution in [0, 0.1) is 5.92 Å². The fourth-order valence-corrected chi connectivity index (χ4v) is 3.82. The second-order valence-corrected chi connectivity index (χ2v) is 10.8. The fraction of sp³-hybridized carbons (Fsp3) is 0.583. The molecule has 0 amide bonds. The third kappa shape index (κ3) is 21.3. The predicted molar refractivity (Wildman–Crippen MR) is 174 cm³/mol. The number of benzene rings is 1. The van der Waals surface area contributed by atoms with E-state index in [-0.39, 0.29) is 23.3 Å². The summed E-state index contributed by atoms with van der Waals surface area (Å²) < 4.78 is 0. The Balaban J connectivity index is -0.000000551. The van der Waals surface area contributed by atoms with E-state index in [0.717, 1.165) is 66.4 Å². The average molecular weight is 557 g/mol. The lowest BCUT2D eigenvalue weighted by Crippen LogP contribution is -2.17. The van der Waals surface area contributed by atoms with Crippen LogP contribution < -0.4 is 0 Å². The minimum atomic E-state index is -0.853. The van der Waals surface area contributed by atoms with Crippen LogP contribution in [0.5, 0.6) is 0 Å². The van der Waals surface area contributed by atoms with Crippen molar-refractivity contribution in [2.24, 2.45) is 5.92 Å². The third-order valence-electron chi connectivity index (χ3n) is 5.90. The topological polar surface area (TPSA) is 71.4 Å². The lowest BCUT2D eigenvalue weighted by Gasteiger charge is -2.19. The van der Waals surface area contributed by atoms with Gasteiger partial charge in [-0.15, -0.1) is 6.58 Å². The van der Waals surface area contributed by atoms with Gasteiger partial charge in [0.15, 0.2) is 11.6 Å². The molecule has 0 heterocycles. The molecule has 0 aliphatic heterocycles. The quantitative estimate of drug-likeness (QED) is 0.113. The summed E-state index contributed by atoms with van der Waals surface area (Å²) in [6, 6.07) is 7.38. The lowest BCUT2D eigenvalue weighted by molar-refractivity contribution is -0.117. The van der Waals surface area contributed by atoms with Crippen LogP contribution in [0.2, 0.25) is 0 Å². The second kappa shape index (κ2) is 24.2. The first kappa shape index (κ1) is 41.9. The molecule has 1 N–H and O–H groups in total. The van der Waals surface area contributed by atoms with Crippen LogP contribution >= 0.6 is 0 Å². The molecular weight excluding hydrogens is 496 g/mol. The van der Waals surface area contributed by atoms with Crippen molar-refractivity contribution in [1.82, 2.24) is 0 Å². The van der Waals surface area contributed by atoms with Crippen molar-refractivity contribution < 1.29 is 19.5 Å². The predicted octanol–water partition coefficient (Wildman–Crippen LogP) is 10.1. The maximum Gasteiger partial charge on any atom is 0.165 e. The minimum Gasteiger partial charge on any atom is -0.386 e. The number of aliphatic hydroxyl groups is 1. The number of allylic oxidation sites excluding steroid dienone is 5. The van der Waals surface area contributed by atoms with Crippen molar-refractivity contribution >= 4 is 17.3 Å². The molecule has 0 saturated heterocycles. The van der Waals surface area contributed by atoms with Gasteiger partial charge in [-0.1, -0.05) is 88.1 Å². The summed E-state index contributed by atoms with van der Waals surface area (Å²) >= 11 is 0. The van der Waals surface area contributed by atoms with Crippen LogP contribution in [0.15, 0.2) is 59.7 Å². The summed E-state index contributed by atoms with van der Waals surface area (Å²) in [6.45, 7) is 26.5. The first-order chi connectivity index (χ1) is 18.6. The van der Waals surface area contributed by atoms with E-state index in [1.54, 1.807) is 27.7 Å². The van der Waals surface area contributed by atoms with E-state index in [0.29, 0.717) is 6.42 Å². The molecule has 4 nitrogen and oxygen atoms in total. The molecule has 0 radical (unpaired) electrons. The number of rotatable bonds is 13. The summed E-state index contributed by atoms with van der Waals surface area (Å²) in [5.41, 5.74) is 3.81. The van der Waals surface area contributed by atoms with E-state index in [4.69, 9.17) is 0 Å². The molecule has 40 heavy (non-hydrogen) atoms. The highest BCUT2D eigenvalue weighted by Crippen LogP contribution is 2.23. The van der Waals surface area contributed by atoms with Crippen LogP contribution in [0.4, 0.5) is 0 Å². The van der Waals surface area contributed by atoms with E-state index in [9.17, 15) is 19.5 Å². The summed E-state index contributed by atoms with van der Waals surface area (Å²) in [5.74, 6) is 0.795. The van der Waals surface area contributed by atoms with Crippen molar-refractivity contribution in [3.8, 4) is 0 Å². The number of ketones is 3. The van der Waals surface area contributed by atoms with Gasteiger partial charge in [0.2, 0.25) is 0 Å². The van der Waals surface area contributed by atoms with Crippen LogP contribution in [0.1, 0.15) is 144 Å². The maximum atomic E-state index is 12.4. The molecule has 1 rings (SSSR count). The monoisotopic (exact) mass is 556 g/mol. The SMILES string of the molecule is C/C=C\C(C(C)=O)=C(C)C.C=C(C)CCCC(C)=O.CC.CCCC(CCC)C(=O)c1ccc(C(C)(C)O)cc1. The van der Waals surface area contributed by atoms with Crippen molar-refractivity contribution in [2.75, 3.05) is 0 Å². The molecule has 0 atom stereocenters. The Labute approximate surface area is 247 Å². The van der Waals surface area contributed by atoms with Crippen LogP contribution in [0.25, 0.3) is 0 Å². The Kier molecular flexibility index (Phi) is 25.4. The first-order valence-corrected chi connectivity index (χ1v) is 14.9. The molecular formula is C36H60O4. The Morgan fingerprint density at radius 3 is 1.65 bits per heavy atom. The van der Waals surface area contributed by atoms with Gasteiger partial charge in [-0.2, -0.15) is 0 Å². The normalized spacial score (nSPS) is 10.3. The molecule has 0 unspecified atom stereocenters. The van der Waals surface area contributed by atoms with Gasteiger partial charge in [0.05, 0.1) is 5.60 Å². The number of carbonyl (C=O) groups excluding carboxylic acids is 3. The second-order valence-electron chi connectivity index (χ2n) is 10.8. The minimum absolute atomic E-state index is 0.137. The average Bonchev–Trinajstić information content (AvgIpc) is 2.87. The van der Waals surface area contributed by atoms with E-state index in [2.05, 4.69) is 20.4 Å². The van der Waals surface area contributed by atoms with Gasteiger partial charge in [0.1, 0.15) is 5.78 Å². The van der Waals surface area contributed by atoms with Gasteiger partial charge in [-0.25, -0.2) is 0 Å². The van der Waals surface area contributed by atoms with Crippen molar-refractivity contribution in [1.29, 1.82) is 0 Å². The van der Waals surface area contributed by atoms with Crippen LogP contribution in [0.3, 0.4) is 0 Å². The highest BCUT2D eigenvalue weighted by molar-refractivity contribution is 5.98. The molecule has 0 aromatic heterocycles. The van der Waals surface area contributed by atoms with Crippen LogP contribution in [-0.2, 0) is 15.2 Å². The van der Waals surface area contributed by atoms with Gasteiger partial charge < -0.3 is 9.90 Å². The summed E-state index contributed by atoms with van der Waals surface area (Å²) in [4.78, 5) is 33.7. The highest BCUT2D eigenvalue weighted by Gasteiger charge is 2.20. The van der Waals surface area contributed by atoms with Gasteiger partial charge in [-0.05, 0) is 86.6 Å². The van der Waals surface area contributed by atoms with E-state index in [1.807, 2.05) is 78.0 Å². The molecule has 0 spiro atoms. The standard InChI is InChI=1S/C17H26O2.C9H14O.C8H14O.C2H6/c1-5-7-13(8-6-2)16(18)14-9-11-15(12-10-14)17(3,4)19;1-5-6-9(7(2)3)8(4)10;1-7(2)5-4-6-8(3)9;1-2/h9-13,19H,5-8H2,1-4H3;5-6H,1-4H3;1,4-6H2,2-3H3;1-2H3/b;6-5-;;. The van der Waals surface area contributed by atoms with Gasteiger partial charge in [-0.3, -0.25) is 9.59 Å². The van der Waals surface area contributed by atoms with Crippen molar-refractivity contribution in [3.05, 3.63) is 70.8 Å². The first-order valence-electron chi connectivity index (χ1n) is 14.9. The Bertz CT molecular complexity index is 901. The molecule has 0 bridgehead atoms. The third-order valence-corrected chi connectivity index (χ3v) is 5.90. The molecule has 0 fully saturated rings. The summed E-state index contributed by atoms with van der Waals surface area (Å²) in [6.07, 6.45) is 10.4. The van der Waals surface area contributed by atoms with Crippen molar-refractivity contribution in [2.45, 2.75) is 134 Å². The van der Waals surface area contributed by atoms with E-state index in [1.165, 1.54) is 0 Å². The Morgan fingerprint density at radius 1 is 0.900 bits per heavy atom. The largest absolute Gasteiger partial charge is 0.386 e. The number of carbonyl (C=O) groups is 3. The Hall–Kier alpha value is -2.59. The van der Waals surface area contributed by atoms with Gasteiger partial charge in [0.25, 0.3) is 0 Å². The molecule has 0 aliphatic rings. The zero-order valence-electron chi connectivity index (χ0n) is 27.9. The summed E-state index contributed by atoms with van der Waals surface area (Å²) in [5, 5.41) is 9.91. The van der Waals surface area contributed by atoms with E-state index >= 15 is 0 Å². The fourth-order valence-electron chi connectivity index (χ4n) is 3.82. The number of hydrogen-bond acceptors (Lipinski definition) is 4. The zero-order chi connectivity index (χ0) is 31.9. The smallest absolute Gasteiger partial charge is 0.165 e. The molecule has 228 valence electrons. The zero-order valence-corrected chi connectivity index (χ0v) is 27.9. The lowest BCUT2D eigenvalue weighted by atomic mass is 9.88. The maximum absolute atomic E-state index is 12.4. The number of Topliss-reactive ketones (excluding diaryl/α,β-unsaturated/α-hetero) is 3. The molecule has 4 heteroatoms. The molecule has 0 aliphatic carbocycles. The van der Waals surface area contributed by atoms with Gasteiger partial charge >= 0.3 is 0 Å². The number of hydrogen-bond donors (Lipinski definition) is 1. The molecule has 1 aromatic rings. The Morgan fingerprint density at radius 2 is 1.38 bits per heavy atom. The van der Waals surface area contributed by atoms with Gasteiger partial charge in [0, 0.05) is 23.5 Å². The summed E-state index contributed by atoms with van der Waals surface area (Å²) in [7, 11) is 0. The molecule has 1 aromatic carbocycles. The highest BCUT2D eigenvalue weighted by atomic mass is 16.3. The van der Waals surface area contributed by atoms with E-state index < -0.39 is 5.60 Å². The van der Waals surface area contributed by atoms with Crippen LogP contribution in [-0.4, -0.2) is 22.5 Å². The van der Waals surface area contributed by atoms with Crippen molar-refractivity contribution in [3.63, 3.8) is 0 Å². The molecule has 0 saturated carbocycles.